The average Bonchev–Trinajstić information content (AvgIpc) is 2.17. The summed E-state index contributed by atoms with van der Waals surface area (Å²) in [5.41, 5.74) is 0. The monoisotopic (exact) mass is 201 g/mol. The van der Waals surface area contributed by atoms with Gasteiger partial charge in [0.05, 0.1) is 6.10 Å². The predicted molar refractivity (Wildman–Crippen MR) is 62.6 cm³/mol. The Bertz CT molecular complexity index is 127. The van der Waals surface area contributed by atoms with E-state index in [1.165, 1.54) is 12.8 Å². The van der Waals surface area contributed by atoms with Gasteiger partial charge in [-0.2, -0.15) is 0 Å². The molecule has 2 heteroatoms. The van der Waals surface area contributed by atoms with Crippen LogP contribution in [0.1, 0.15) is 47.5 Å². The number of nitrogens with one attached hydrogen (secondary N) is 1. The molecule has 3 unspecified atom stereocenters. The highest BCUT2D eigenvalue weighted by atomic mass is 16.5. The lowest BCUT2D eigenvalue weighted by molar-refractivity contribution is 0.0415. The van der Waals surface area contributed by atoms with Crippen LogP contribution in [0.25, 0.3) is 0 Å². The number of rotatable bonds is 8. The second kappa shape index (κ2) is 8.25. The molecule has 0 saturated carbocycles. The highest BCUT2D eigenvalue weighted by molar-refractivity contribution is 4.75. The fourth-order valence-corrected chi connectivity index (χ4v) is 1.68. The highest BCUT2D eigenvalue weighted by Crippen LogP contribution is 2.13. The van der Waals surface area contributed by atoms with Gasteiger partial charge < -0.3 is 10.1 Å². The quantitative estimate of drug-likeness (QED) is 0.652. The van der Waals surface area contributed by atoms with E-state index in [1.54, 1.807) is 0 Å². The molecule has 14 heavy (non-hydrogen) atoms. The van der Waals surface area contributed by atoms with Crippen molar-refractivity contribution in [3.63, 3.8) is 0 Å². The van der Waals surface area contributed by atoms with Crippen LogP contribution in [0.4, 0.5) is 0 Å². The molecule has 0 aliphatic carbocycles. The van der Waals surface area contributed by atoms with Crippen LogP contribution < -0.4 is 5.32 Å². The summed E-state index contributed by atoms with van der Waals surface area (Å²) in [6, 6.07) is 0.509. The van der Waals surface area contributed by atoms with Gasteiger partial charge in [0.2, 0.25) is 0 Å². The fraction of sp³-hybridized carbons (Fsp3) is 1.00. The molecule has 0 fully saturated rings. The smallest absolute Gasteiger partial charge is 0.0699 e. The van der Waals surface area contributed by atoms with Crippen molar-refractivity contribution >= 4 is 0 Å². The van der Waals surface area contributed by atoms with Gasteiger partial charge in [0, 0.05) is 12.6 Å². The molecule has 0 bridgehead atoms. The Labute approximate surface area is 89.4 Å². The largest absolute Gasteiger partial charge is 0.377 e. The van der Waals surface area contributed by atoms with Gasteiger partial charge in [-0.1, -0.05) is 27.2 Å². The summed E-state index contributed by atoms with van der Waals surface area (Å²) >= 11 is 0. The van der Waals surface area contributed by atoms with E-state index >= 15 is 0 Å². The Kier molecular flexibility index (Phi) is 8.20. The molecule has 0 heterocycles. The topological polar surface area (TPSA) is 21.3 Å². The molecule has 0 saturated heterocycles. The van der Waals surface area contributed by atoms with Crippen LogP contribution in [-0.4, -0.2) is 25.3 Å². The average molecular weight is 201 g/mol. The molecule has 86 valence electrons. The predicted octanol–water partition coefficient (Wildman–Crippen LogP) is 2.83. The summed E-state index contributed by atoms with van der Waals surface area (Å²) in [5, 5.41) is 3.51. The fourth-order valence-electron chi connectivity index (χ4n) is 1.68. The minimum absolute atomic E-state index is 0.328. The van der Waals surface area contributed by atoms with E-state index < -0.39 is 0 Å². The van der Waals surface area contributed by atoms with Crippen molar-refractivity contribution < 1.29 is 4.74 Å². The molecular formula is C12H27NO. The van der Waals surface area contributed by atoms with Crippen molar-refractivity contribution in [1.29, 1.82) is 0 Å². The zero-order valence-corrected chi connectivity index (χ0v) is 10.5. The Morgan fingerprint density at radius 2 is 1.79 bits per heavy atom. The third-order valence-electron chi connectivity index (χ3n) is 2.82. The number of ether oxygens (including phenoxy) is 1. The Hall–Kier alpha value is -0.0800. The van der Waals surface area contributed by atoms with E-state index in [2.05, 4.69) is 39.9 Å². The van der Waals surface area contributed by atoms with Gasteiger partial charge in [-0.25, -0.2) is 0 Å². The summed E-state index contributed by atoms with van der Waals surface area (Å²) in [5.74, 6) is 0.780. The van der Waals surface area contributed by atoms with Gasteiger partial charge in [0.25, 0.3) is 0 Å². The van der Waals surface area contributed by atoms with E-state index in [0.29, 0.717) is 12.1 Å². The maximum absolute atomic E-state index is 5.64. The van der Waals surface area contributed by atoms with Crippen LogP contribution in [0, 0.1) is 5.92 Å². The summed E-state index contributed by atoms with van der Waals surface area (Å²) in [7, 11) is 0. The van der Waals surface area contributed by atoms with E-state index in [4.69, 9.17) is 4.74 Å². The Morgan fingerprint density at radius 3 is 2.21 bits per heavy atom. The molecule has 1 N–H and O–H groups in total. The highest BCUT2D eigenvalue weighted by Gasteiger charge is 2.18. The van der Waals surface area contributed by atoms with Crippen LogP contribution in [-0.2, 0) is 4.74 Å². The molecule has 0 radical (unpaired) electrons. The molecule has 3 atom stereocenters. The zero-order valence-electron chi connectivity index (χ0n) is 10.5. The minimum atomic E-state index is 0.328. The number of likely N-dealkylation sites (N-methyl/N-ethyl adjacent to an activating group) is 1. The van der Waals surface area contributed by atoms with Crippen LogP contribution in [0.15, 0.2) is 0 Å². The van der Waals surface area contributed by atoms with E-state index in [1.807, 2.05) is 0 Å². The van der Waals surface area contributed by atoms with Crippen molar-refractivity contribution in [3.05, 3.63) is 0 Å². The van der Waals surface area contributed by atoms with Gasteiger partial charge in [-0.05, 0) is 32.7 Å². The van der Waals surface area contributed by atoms with Crippen molar-refractivity contribution in [2.75, 3.05) is 13.2 Å². The van der Waals surface area contributed by atoms with Crippen LogP contribution in [0.2, 0.25) is 0 Å². The number of hydrogen-bond acceptors (Lipinski definition) is 2. The van der Waals surface area contributed by atoms with Gasteiger partial charge in [-0.3, -0.25) is 0 Å². The Balaban J connectivity index is 3.98. The van der Waals surface area contributed by atoms with Gasteiger partial charge in [0.1, 0.15) is 0 Å². The molecule has 0 aliphatic heterocycles. The van der Waals surface area contributed by atoms with Crippen molar-refractivity contribution in [3.8, 4) is 0 Å². The third kappa shape index (κ3) is 5.61. The lowest BCUT2D eigenvalue weighted by atomic mass is 9.96. The maximum Gasteiger partial charge on any atom is 0.0699 e. The van der Waals surface area contributed by atoms with Crippen molar-refractivity contribution in [2.45, 2.75) is 59.6 Å². The SMILES string of the molecule is CCNC(CC(C)CC)C(C)OCC. The van der Waals surface area contributed by atoms with E-state index in [-0.39, 0.29) is 0 Å². The van der Waals surface area contributed by atoms with Gasteiger partial charge in [-0.15, -0.1) is 0 Å². The van der Waals surface area contributed by atoms with E-state index in [9.17, 15) is 0 Å². The first kappa shape index (κ1) is 13.9. The lowest BCUT2D eigenvalue weighted by Gasteiger charge is -2.26. The molecule has 0 amide bonds. The van der Waals surface area contributed by atoms with E-state index in [0.717, 1.165) is 19.1 Å². The second-order valence-electron chi connectivity index (χ2n) is 4.07. The lowest BCUT2D eigenvalue weighted by Crippen LogP contribution is -2.40. The molecule has 0 rings (SSSR count). The molecular weight excluding hydrogens is 174 g/mol. The minimum Gasteiger partial charge on any atom is -0.377 e. The summed E-state index contributed by atoms with van der Waals surface area (Å²) in [6.45, 7) is 12.8. The molecule has 0 aliphatic rings. The molecule has 0 aromatic heterocycles. The third-order valence-corrected chi connectivity index (χ3v) is 2.82. The molecule has 0 aromatic rings. The summed E-state index contributed by atoms with van der Waals surface area (Å²) < 4.78 is 5.64. The molecule has 2 nitrogen and oxygen atoms in total. The van der Waals surface area contributed by atoms with Gasteiger partial charge in [0.15, 0.2) is 0 Å². The Morgan fingerprint density at radius 1 is 1.14 bits per heavy atom. The second-order valence-corrected chi connectivity index (χ2v) is 4.07. The van der Waals surface area contributed by atoms with Gasteiger partial charge >= 0.3 is 0 Å². The van der Waals surface area contributed by atoms with Crippen LogP contribution in [0.3, 0.4) is 0 Å². The summed E-state index contributed by atoms with van der Waals surface area (Å²) in [6.07, 6.45) is 2.79. The van der Waals surface area contributed by atoms with Crippen molar-refractivity contribution in [2.24, 2.45) is 5.92 Å². The normalized spacial score (nSPS) is 17.8. The number of hydrogen-bond donors (Lipinski definition) is 1. The zero-order chi connectivity index (χ0) is 11.0. The van der Waals surface area contributed by atoms with Crippen LogP contribution >= 0.6 is 0 Å². The summed E-state index contributed by atoms with van der Waals surface area (Å²) in [4.78, 5) is 0. The maximum atomic E-state index is 5.64. The first-order valence-corrected chi connectivity index (χ1v) is 6.00. The molecule has 0 spiro atoms. The first-order chi connectivity index (χ1) is 6.65. The van der Waals surface area contributed by atoms with Crippen molar-refractivity contribution in [1.82, 2.24) is 5.32 Å². The first-order valence-electron chi connectivity index (χ1n) is 6.00. The standard InChI is InChI=1S/C12H27NO/c1-6-10(4)9-12(13-7-2)11(5)14-8-3/h10-13H,6-9H2,1-5H3. The molecule has 0 aromatic carbocycles. The van der Waals surface area contributed by atoms with Crippen LogP contribution in [0.5, 0.6) is 0 Å².